The van der Waals surface area contributed by atoms with Crippen molar-refractivity contribution in [3.63, 3.8) is 0 Å². The van der Waals surface area contributed by atoms with Gasteiger partial charge in [0, 0.05) is 25.2 Å². The molecular weight excluding hydrogens is 342 g/mol. The second-order valence-electron chi connectivity index (χ2n) is 6.46. The van der Waals surface area contributed by atoms with E-state index < -0.39 is 0 Å². The molecule has 27 heavy (non-hydrogen) atoms. The van der Waals surface area contributed by atoms with Crippen molar-refractivity contribution in [2.75, 3.05) is 6.54 Å². The molecule has 7 heteroatoms. The summed E-state index contributed by atoms with van der Waals surface area (Å²) in [5.74, 6) is 0.703. The molecule has 1 amide bonds. The predicted octanol–water partition coefficient (Wildman–Crippen LogP) is 2.23. The number of rotatable bonds is 6. The van der Waals surface area contributed by atoms with E-state index in [4.69, 9.17) is 4.74 Å². The minimum absolute atomic E-state index is 0.155. The second-order valence-corrected chi connectivity index (χ2v) is 6.46. The first-order valence-corrected chi connectivity index (χ1v) is 9.06. The van der Waals surface area contributed by atoms with Crippen molar-refractivity contribution >= 4 is 5.91 Å². The highest BCUT2D eigenvalue weighted by Crippen LogP contribution is 2.18. The lowest BCUT2D eigenvalue weighted by atomic mass is 10.1. The summed E-state index contributed by atoms with van der Waals surface area (Å²) < 4.78 is 7.55. The van der Waals surface area contributed by atoms with Crippen LogP contribution in [-0.4, -0.2) is 37.3 Å². The number of pyridine rings is 1. The Morgan fingerprint density at radius 2 is 1.93 bits per heavy atom. The van der Waals surface area contributed by atoms with Gasteiger partial charge in [0.05, 0.1) is 18.8 Å². The van der Waals surface area contributed by atoms with Crippen molar-refractivity contribution in [3.8, 4) is 5.88 Å². The maximum atomic E-state index is 12.6. The molecule has 0 fully saturated rings. The van der Waals surface area contributed by atoms with Crippen molar-refractivity contribution in [2.24, 2.45) is 0 Å². The van der Waals surface area contributed by atoms with Crippen LogP contribution in [0.5, 0.6) is 5.88 Å². The summed E-state index contributed by atoms with van der Waals surface area (Å²) in [6.45, 7) is 2.12. The summed E-state index contributed by atoms with van der Waals surface area (Å²) in [6, 6.07) is 15.6. The number of nitrogens with zero attached hydrogens (tertiary/aromatic N) is 5. The van der Waals surface area contributed by atoms with Crippen LogP contribution in [0.25, 0.3) is 0 Å². The summed E-state index contributed by atoms with van der Waals surface area (Å²) in [5, 5.41) is 8.41. The third kappa shape index (κ3) is 4.13. The summed E-state index contributed by atoms with van der Waals surface area (Å²) in [5.41, 5.74) is 2.87. The third-order valence-electron chi connectivity index (χ3n) is 4.66. The van der Waals surface area contributed by atoms with Crippen LogP contribution < -0.4 is 4.74 Å². The number of fused-ring (bicyclic) bond motifs is 1. The molecule has 0 bridgehead atoms. The van der Waals surface area contributed by atoms with Crippen LogP contribution >= 0.6 is 0 Å². The molecule has 4 rings (SSSR count). The van der Waals surface area contributed by atoms with Crippen molar-refractivity contribution in [3.05, 3.63) is 71.7 Å². The zero-order chi connectivity index (χ0) is 18.5. The lowest BCUT2D eigenvalue weighted by Crippen LogP contribution is -2.39. The Morgan fingerprint density at radius 3 is 2.74 bits per heavy atom. The van der Waals surface area contributed by atoms with E-state index in [9.17, 15) is 4.79 Å². The molecule has 3 aromatic rings. The van der Waals surface area contributed by atoms with Gasteiger partial charge in [-0.05, 0) is 18.1 Å². The summed E-state index contributed by atoms with van der Waals surface area (Å²) >= 11 is 0. The first-order chi connectivity index (χ1) is 13.3. The number of carbonyl (C=O) groups excluding carboxylic acids is 1. The van der Waals surface area contributed by atoms with Crippen molar-refractivity contribution in [1.29, 1.82) is 0 Å². The molecule has 1 aromatic carbocycles. The fraction of sp³-hybridized carbons (Fsp3) is 0.300. The fourth-order valence-electron chi connectivity index (χ4n) is 3.15. The number of hydrogen-bond donors (Lipinski definition) is 0. The number of aromatic nitrogens is 4. The van der Waals surface area contributed by atoms with Gasteiger partial charge in [-0.15, -0.1) is 5.10 Å². The molecule has 1 aliphatic heterocycles. The number of aryl methyl sites for hydroxylation is 1. The third-order valence-corrected chi connectivity index (χ3v) is 4.66. The Balaban J connectivity index is 1.37. The Morgan fingerprint density at radius 1 is 1.07 bits per heavy atom. The average molecular weight is 363 g/mol. The molecule has 1 aliphatic rings. The Kier molecular flexibility index (Phi) is 5.09. The molecule has 0 unspecified atom stereocenters. The van der Waals surface area contributed by atoms with Gasteiger partial charge >= 0.3 is 0 Å². The van der Waals surface area contributed by atoms with Gasteiger partial charge < -0.3 is 9.64 Å². The zero-order valence-corrected chi connectivity index (χ0v) is 15.0. The van der Waals surface area contributed by atoms with Gasteiger partial charge in [0.15, 0.2) is 0 Å². The van der Waals surface area contributed by atoms with Gasteiger partial charge in [-0.1, -0.05) is 41.6 Å². The average Bonchev–Trinajstić information content (AvgIpc) is 3.14. The summed E-state index contributed by atoms with van der Waals surface area (Å²) in [6.07, 6.45) is 2.94. The molecule has 0 radical (unpaired) electrons. The second kappa shape index (κ2) is 7.99. The molecule has 3 heterocycles. The minimum Gasteiger partial charge on any atom is -0.471 e. The van der Waals surface area contributed by atoms with E-state index in [0.717, 1.165) is 17.8 Å². The molecule has 0 N–H and O–H groups in total. The normalized spacial score (nSPS) is 13.3. The minimum atomic E-state index is 0.155. The lowest BCUT2D eigenvalue weighted by Gasteiger charge is -2.27. The predicted molar refractivity (Wildman–Crippen MR) is 98.8 cm³/mol. The fourth-order valence-corrected chi connectivity index (χ4v) is 3.15. The highest BCUT2D eigenvalue weighted by molar-refractivity contribution is 5.76. The molecule has 0 spiro atoms. The number of hydrogen-bond acceptors (Lipinski definition) is 5. The molecular formula is C20H21N5O2. The highest BCUT2D eigenvalue weighted by Gasteiger charge is 2.25. The van der Waals surface area contributed by atoms with Crippen LogP contribution in [-0.2, 0) is 30.9 Å². The van der Waals surface area contributed by atoms with Crippen molar-refractivity contribution in [2.45, 2.75) is 32.5 Å². The standard InChI is InChI=1S/C20H21N5O2/c26-20(10-9-16-6-2-1-3-7-16)24-12-13-25-18(14-24)17(22-23-25)15-27-19-8-4-5-11-21-19/h1-8,11H,9-10,12-15H2. The van der Waals surface area contributed by atoms with E-state index in [-0.39, 0.29) is 5.91 Å². The van der Waals surface area contributed by atoms with Gasteiger partial charge in [-0.3, -0.25) is 4.79 Å². The number of ether oxygens (including phenoxy) is 1. The quantitative estimate of drug-likeness (QED) is 0.671. The van der Waals surface area contributed by atoms with E-state index in [1.807, 2.05) is 39.9 Å². The smallest absolute Gasteiger partial charge is 0.223 e. The van der Waals surface area contributed by atoms with Gasteiger partial charge in [0.25, 0.3) is 0 Å². The largest absolute Gasteiger partial charge is 0.471 e. The Labute approximate surface area is 157 Å². The lowest BCUT2D eigenvalue weighted by molar-refractivity contribution is -0.132. The van der Waals surface area contributed by atoms with E-state index in [1.165, 1.54) is 5.56 Å². The SMILES string of the molecule is O=C(CCc1ccccc1)N1CCn2nnc(COc3ccccn3)c2C1. The molecule has 7 nitrogen and oxygen atoms in total. The van der Waals surface area contributed by atoms with E-state index >= 15 is 0 Å². The Hall–Kier alpha value is -3.22. The number of carbonyl (C=O) groups is 1. The molecule has 138 valence electrons. The molecule has 2 aromatic heterocycles. The number of benzene rings is 1. The Bertz CT molecular complexity index is 895. The van der Waals surface area contributed by atoms with Crippen LogP contribution in [0.15, 0.2) is 54.7 Å². The first kappa shape index (κ1) is 17.2. The molecule has 0 saturated carbocycles. The van der Waals surface area contributed by atoms with Crippen molar-refractivity contribution in [1.82, 2.24) is 24.9 Å². The van der Waals surface area contributed by atoms with Crippen LogP contribution in [0.4, 0.5) is 0 Å². The summed E-state index contributed by atoms with van der Waals surface area (Å²) in [7, 11) is 0. The maximum absolute atomic E-state index is 12.6. The van der Waals surface area contributed by atoms with E-state index in [2.05, 4.69) is 27.4 Å². The van der Waals surface area contributed by atoms with E-state index in [1.54, 1.807) is 12.3 Å². The van der Waals surface area contributed by atoms with E-state index in [0.29, 0.717) is 38.5 Å². The van der Waals surface area contributed by atoms with Crippen LogP contribution in [0.2, 0.25) is 0 Å². The van der Waals surface area contributed by atoms with Crippen LogP contribution in [0.1, 0.15) is 23.4 Å². The van der Waals surface area contributed by atoms with Gasteiger partial charge in [-0.25, -0.2) is 9.67 Å². The van der Waals surface area contributed by atoms with Crippen LogP contribution in [0.3, 0.4) is 0 Å². The topological polar surface area (TPSA) is 73.1 Å². The van der Waals surface area contributed by atoms with Gasteiger partial charge in [0.2, 0.25) is 11.8 Å². The van der Waals surface area contributed by atoms with Gasteiger partial charge in [-0.2, -0.15) is 0 Å². The van der Waals surface area contributed by atoms with Crippen molar-refractivity contribution < 1.29 is 9.53 Å². The van der Waals surface area contributed by atoms with Crippen LogP contribution in [0, 0.1) is 0 Å². The summed E-state index contributed by atoms with van der Waals surface area (Å²) in [4.78, 5) is 18.7. The first-order valence-electron chi connectivity index (χ1n) is 9.06. The molecule has 0 atom stereocenters. The monoisotopic (exact) mass is 363 g/mol. The number of amides is 1. The zero-order valence-electron chi connectivity index (χ0n) is 15.0. The molecule has 0 aliphatic carbocycles. The van der Waals surface area contributed by atoms with Gasteiger partial charge in [0.1, 0.15) is 12.3 Å². The molecule has 0 saturated heterocycles. The highest BCUT2D eigenvalue weighted by atomic mass is 16.5. The maximum Gasteiger partial charge on any atom is 0.223 e.